The van der Waals surface area contributed by atoms with E-state index in [0.29, 0.717) is 53.8 Å². The Balaban J connectivity index is 0.862. The second kappa shape index (κ2) is 16.2. The van der Waals surface area contributed by atoms with E-state index in [1.54, 1.807) is 31.4 Å². The molecule has 0 aliphatic carbocycles. The Labute approximate surface area is 313 Å². The molecule has 3 aliphatic rings. The fraction of sp³-hybridized carbons (Fsp3) is 0.436. The van der Waals surface area contributed by atoms with Crippen molar-refractivity contribution in [1.82, 2.24) is 29.9 Å². The van der Waals surface area contributed by atoms with Crippen molar-refractivity contribution in [2.75, 3.05) is 70.3 Å². The first-order valence-electron chi connectivity index (χ1n) is 18.4. The number of nitrogens with one attached hydrogen (secondary N) is 2. The molecule has 15 heteroatoms. The standard InChI is InChI=1S/C39H46N8O7/c1-25-5-4-6-30(40-25)37(49)41-32-21-27-24-47(43-31(27)23-35(32)53-3)28-9-14-44(15-10-28)19-20-54-29-11-16-45(17-12-29)38(50)26-7-8-34(52-2)33(22-26)46-18-13-36(48)42-39(46)51/h4-8,21-24,28-29H,9-20H2,1-3H3,(H,41,49)(H,42,48,51). The first-order chi connectivity index (χ1) is 26.2. The Morgan fingerprint density at radius 2 is 1.70 bits per heavy atom. The lowest BCUT2D eigenvalue weighted by atomic mass is 10.0. The van der Waals surface area contributed by atoms with Crippen LogP contribution < -0.4 is 25.0 Å². The van der Waals surface area contributed by atoms with Crippen LogP contribution in [0.1, 0.15) is 64.7 Å². The predicted molar refractivity (Wildman–Crippen MR) is 201 cm³/mol. The van der Waals surface area contributed by atoms with Crippen LogP contribution in [0.4, 0.5) is 16.2 Å². The number of methoxy groups -OCH3 is 2. The molecule has 54 heavy (non-hydrogen) atoms. The van der Waals surface area contributed by atoms with Gasteiger partial charge < -0.3 is 29.3 Å². The average Bonchev–Trinajstić information content (AvgIpc) is 3.60. The van der Waals surface area contributed by atoms with Crippen molar-refractivity contribution in [2.45, 2.75) is 51.2 Å². The number of pyridine rings is 1. The van der Waals surface area contributed by atoms with Gasteiger partial charge in [0, 0.05) is 74.6 Å². The van der Waals surface area contributed by atoms with Crippen molar-refractivity contribution in [3.63, 3.8) is 0 Å². The maximum Gasteiger partial charge on any atom is 0.328 e. The van der Waals surface area contributed by atoms with Crippen molar-refractivity contribution in [3.05, 3.63) is 71.7 Å². The normalized spacial score (nSPS) is 17.5. The molecule has 3 saturated heterocycles. The van der Waals surface area contributed by atoms with Crippen LogP contribution in [0.25, 0.3) is 10.9 Å². The molecular weight excluding hydrogens is 692 g/mol. The number of nitrogens with zero attached hydrogens (tertiary/aromatic N) is 6. The lowest BCUT2D eigenvalue weighted by Gasteiger charge is -2.34. The third-order valence-corrected chi connectivity index (χ3v) is 10.4. The van der Waals surface area contributed by atoms with Gasteiger partial charge in [-0.05, 0) is 69.0 Å². The summed E-state index contributed by atoms with van der Waals surface area (Å²) in [7, 11) is 3.08. The highest BCUT2D eigenvalue weighted by molar-refractivity contribution is 6.07. The van der Waals surface area contributed by atoms with Gasteiger partial charge in [-0.15, -0.1) is 0 Å². The van der Waals surface area contributed by atoms with Gasteiger partial charge in [-0.2, -0.15) is 5.10 Å². The van der Waals surface area contributed by atoms with E-state index in [4.69, 9.17) is 19.3 Å². The van der Waals surface area contributed by atoms with Gasteiger partial charge in [0.15, 0.2) is 0 Å². The molecule has 0 bridgehead atoms. The van der Waals surface area contributed by atoms with Gasteiger partial charge in [0.2, 0.25) is 5.91 Å². The molecule has 0 radical (unpaired) electrons. The third kappa shape index (κ3) is 8.16. The van der Waals surface area contributed by atoms with E-state index in [9.17, 15) is 19.2 Å². The minimum atomic E-state index is -0.528. The number of likely N-dealkylation sites (tertiary alicyclic amines) is 2. The number of carbonyl (C=O) groups excluding carboxylic acids is 4. The second-order valence-corrected chi connectivity index (χ2v) is 13.9. The summed E-state index contributed by atoms with van der Waals surface area (Å²) in [5.74, 6) is 0.263. The SMILES string of the molecule is COc1cc2nn(C3CCN(CCOC4CCN(C(=O)c5ccc(OC)c(N6CCC(=O)NC6=O)c5)CC4)CC3)cc2cc1NC(=O)c1cccc(C)n1. The van der Waals surface area contributed by atoms with Gasteiger partial charge in [0.1, 0.15) is 17.2 Å². The Hall–Kier alpha value is -5.54. The highest BCUT2D eigenvalue weighted by Gasteiger charge is 2.30. The van der Waals surface area contributed by atoms with Gasteiger partial charge in [0.05, 0.1) is 49.9 Å². The number of hydrogen-bond donors (Lipinski definition) is 2. The summed E-state index contributed by atoms with van der Waals surface area (Å²) in [6.45, 7) is 6.57. The van der Waals surface area contributed by atoms with Crippen molar-refractivity contribution in [3.8, 4) is 11.5 Å². The number of benzene rings is 2. The minimum Gasteiger partial charge on any atom is -0.495 e. The topological polar surface area (TPSA) is 160 Å². The molecule has 0 atom stereocenters. The van der Waals surface area contributed by atoms with Crippen LogP contribution in [0.5, 0.6) is 11.5 Å². The summed E-state index contributed by atoms with van der Waals surface area (Å²) in [4.78, 5) is 60.5. The summed E-state index contributed by atoms with van der Waals surface area (Å²) in [6.07, 6.45) is 5.73. The fourth-order valence-corrected chi connectivity index (χ4v) is 7.37. The Kier molecular flexibility index (Phi) is 11.1. The molecule has 15 nitrogen and oxygen atoms in total. The van der Waals surface area contributed by atoms with Crippen LogP contribution in [0.3, 0.4) is 0 Å². The van der Waals surface area contributed by atoms with Gasteiger partial charge in [-0.3, -0.25) is 29.3 Å². The lowest BCUT2D eigenvalue weighted by Crippen LogP contribution is -2.49. The Bertz CT molecular complexity index is 2030. The summed E-state index contributed by atoms with van der Waals surface area (Å²) < 4.78 is 19.4. The highest BCUT2D eigenvalue weighted by Crippen LogP contribution is 2.33. The Morgan fingerprint density at radius 3 is 2.43 bits per heavy atom. The van der Waals surface area contributed by atoms with E-state index in [2.05, 4.69) is 20.5 Å². The number of aryl methyl sites for hydroxylation is 1. The van der Waals surface area contributed by atoms with E-state index in [1.807, 2.05) is 47.0 Å². The van der Waals surface area contributed by atoms with Crippen LogP contribution in [0, 0.1) is 6.92 Å². The number of urea groups is 1. The molecule has 0 unspecified atom stereocenters. The maximum atomic E-state index is 13.5. The fourth-order valence-electron chi connectivity index (χ4n) is 7.37. The molecule has 4 aromatic rings. The lowest BCUT2D eigenvalue weighted by molar-refractivity contribution is -0.120. The number of anilines is 2. The smallest absolute Gasteiger partial charge is 0.328 e. The highest BCUT2D eigenvalue weighted by atomic mass is 16.5. The summed E-state index contributed by atoms with van der Waals surface area (Å²) in [5, 5.41) is 11.1. The van der Waals surface area contributed by atoms with Crippen LogP contribution in [-0.2, 0) is 9.53 Å². The van der Waals surface area contributed by atoms with Crippen molar-refractivity contribution >= 4 is 46.0 Å². The molecule has 0 saturated carbocycles. The van der Waals surface area contributed by atoms with E-state index < -0.39 is 6.03 Å². The first-order valence-corrected chi connectivity index (χ1v) is 18.4. The zero-order valence-corrected chi connectivity index (χ0v) is 30.9. The third-order valence-electron chi connectivity index (χ3n) is 10.4. The van der Waals surface area contributed by atoms with Gasteiger partial charge in [-0.25, -0.2) is 9.78 Å². The van der Waals surface area contributed by atoms with Gasteiger partial charge in [0.25, 0.3) is 11.8 Å². The number of rotatable bonds is 11. The van der Waals surface area contributed by atoms with Crippen molar-refractivity contribution in [2.24, 2.45) is 0 Å². The molecule has 0 spiro atoms. The van der Waals surface area contributed by atoms with Crippen LogP contribution in [0.15, 0.2) is 54.7 Å². The molecule has 3 aliphatic heterocycles. The molecule has 7 rings (SSSR count). The van der Waals surface area contributed by atoms with E-state index in [1.165, 1.54) is 12.0 Å². The van der Waals surface area contributed by atoms with E-state index in [0.717, 1.165) is 61.9 Å². The number of aromatic nitrogens is 3. The number of amides is 5. The Morgan fingerprint density at radius 1 is 0.926 bits per heavy atom. The number of fused-ring (bicyclic) bond motifs is 1. The monoisotopic (exact) mass is 738 g/mol. The molecule has 284 valence electrons. The van der Waals surface area contributed by atoms with E-state index >= 15 is 0 Å². The van der Waals surface area contributed by atoms with Crippen molar-refractivity contribution in [1.29, 1.82) is 0 Å². The average molecular weight is 739 g/mol. The molecular formula is C39H46N8O7. The number of ether oxygens (including phenoxy) is 3. The molecule has 2 N–H and O–H groups in total. The first kappa shape index (κ1) is 36.8. The molecule has 5 heterocycles. The number of carbonyl (C=O) groups is 4. The zero-order chi connectivity index (χ0) is 37.8. The van der Waals surface area contributed by atoms with Crippen LogP contribution in [0.2, 0.25) is 0 Å². The van der Waals surface area contributed by atoms with Crippen LogP contribution in [-0.4, -0.2) is 115 Å². The summed E-state index contributed by atoms with van der Waals surface area (Å²) >= 11 is 0. The summed E-state index contributed by atoms with van der Waals surface area (Å²) in [5.41, 5.74) is 3.42. The molecule has 2 aromatic heterocycles. The largest absolute Gasteiger partial charge is 0.495 e. The van der Waals surface area contributed by atoms with Crippen LogP contribution >= 0.6 is 0 Å². The number of imide groups is 1. The predicted octanol–water partition coefficient (Wildman–Crippen LogP) is 4.41. The van der Waals surface area contributed by atoms with Gasteiger partial charge in [-0.1, -0.05) is 6.07 Å². The van der Waals surface area contributed by atoms with E-state index in [-0.39, 0.29) is 42.8 Å². The maximum absolute atomic E-state index is 13.5. The zero-order valence-electron chi connectivity index (χ0n) is 30.9. The second-order valence-electron chi connectivity index (χ2n) is 13.9. The van der Waals surface area contributed by atoms with Gasteiger partial charge >= 0.3 is 6.03 Å². The quantitative estimate of drug-likeness (QED) is 0.226. The molecule has 2 aromatic carbocycles. The molecule has 5 amide bonds. The molecule has 3 fully saturated rings. The van der Waals surface area contributed by atoms with Crippen molar-refractivity contribution < 1.29 is 33.4 Å². The number of piperidine rings is 2. The minimum absolute atomic E-state index is 0.0869. The number of hydrogen-bond acceptors (Lipinski definition) is 10. The summed E-state index contributed by atoms with van der Waals surface area (Å²) in [6, 6.07) is 13.9.